The molecule has 3 heteroatoms. The summed E-state index contributed by atoms with van der Waals surface area (Å²) >= 11 is 4.87. The maximum atomic E-state index is 10.7. The Balaban J connectivity index is 3.54. The molecule has 0 aromatic rings. The van der Waals surface area contributed by atoms with E-state index in [9.17, 15) is 4.79 Å². The van der Waals surface area contributed by atoms with Gasteiger partial charge in [-0.15, -0.1) is 0 Å². The van der Waals surface area contributed by atoms with E-state index in [1.807, 2.05) is 30.4 Å². The minimum absolute atomic E-state index is 0.578. The normalized spacial score (nSPS) is 12.6. The highest BCUT2D eigenvalue weighted by atomic mass is 35.5. The summed E-state index contributed by atoms with van der Waals surface area (Å²) in [5.41, 5.74) is 0. The summed E-state index contributed by atoms with van der Waals surface area (Å²) in [5.74, 6) is -0.578. The van der Waals surface area contributed by atoms with Crippen molar-refractivity contribution >= 4 is 17.8 Å². The van der Waals surface area contributed by atoms with Gasteiger partial charge in [0.15, 0.2) is 0 Å². The first-order valence-electron chi connectivity index (χ1n) is 8.47. The fourth-order valence-electron chi connectivity index (χ4n) is 1.94. The van der Waals surface area contributed by atoms with Crippen LogP contribution in [0.2, 0.25) is 0 Å². The fraction of sp³-hybridized carbons (Fsp3) is 0.450. The first kappa shape index (κ1) is 21.5. The summed E-state index contributed by atoms with van der Waals surface area (Å²) in [6.07, 6.45) is 29.1. The SMILES string of the molecule is CCCCCCCCC/C=C/C=C/C=C/C=C/C=C/C(=O)OCl. The molecule has 0 aliphatic rings. The van der Waals surface area contributed by atoms with Gasteiger partial charge in [-0.2, -0.15) is 0 Å². The van der Waals surface area contributed by atoms with Gasteiger partial charge >= 0.3 is 5.97 Å². The van der Waals surface area contributed by atoms with E-state index < -0.39 is 5.97 Å². The molecule has 0 rings (SSSR count). The highest BCUT2D eigenvalue weighted by molar-refractivity contribution is 6.14. The molecule has 0 aliphatic heterocycles. The van der Waals surface area contributed by atoms with Crippen LogP contribution in [0.25, 0.3) is 0 Å². The molecular formula is C20H29ClO2. The lowest BCUT2D eigenvalue weighted by Crippen LogP contribution is -1.87. The third-order valence-electron chi connectivity index (χ3n) is 3.20. The Hall–Kier alpha value is -1.54. The third-order valence-corrected chi connectivity index (χ3v) is 3.35. The highest BCUT2D eigenvalue weighted by Gasteiger charge is 1.89. The number of hydrogen-bond donors (Lipinski definition) is 0. The Morgan fingerprint density at radius 2 is 1.30 bits per heavy atom. The topological polar surface area (TPSA) is 26.3 Å². The van der Waals surface area contributed by atoms with Crippen molar-refractivity contribution in [3.63, 3.8) is 0 Å². The second kappa shape index (κ2) is 18.5. The van der Waals surface area contributed by atoms with Crippen molar-refractivity contribution in [1.29, 1.82) is 0 Å². The number of carbonyl (C=O) groups is 1. The largest absolute Gasteiger partial charge is 0.349 e. The average molecular weight is 337 g/mol. The van der Waals surface area contributed by atoms with E-state index in [0.717, 1.165) is 6.42 Å². The number of unbranched alkanes of at least 4 members (excludes halogenated alkanes) is 7. The van der Waals surface area contributed by atoms with Gasteiger partial charge in [-0.1, -0.05) is 100 Å². The fourth-order valence-corrected chi connectivity index (χ4v) is 1.99. The quantitative estimate of drug-likeness (QED) is 0.215. The van der Waals surface area contributed by atoms with E-state index in [1.165, 1.54) is 51.0 Å². The summed E-state index contributed by atoms with van der Waals surface area (Å²) in [7, 11) is 0. The van der Waals surface area contributed by atoms with Gasteiger partial charge in [0.25, 0.3) is 0 Å². The molecular weight excluding hydrogens is 308 g/mol. The lowest BCUT2D eigenvalue weighted by molar-refractivity contribution is -0.128. The van der Waals surface area contributed by atoms with Crippen LogP contribution < -0.4 is 0 Å². The summed E-state index contributed by atoms with van der Waals surface area (Å²) < 4.78 is 3.95. The maximum absolute atomic E-state index is 10.7. The van der Waals surface area contributed by atoms with Gasteiger partial charge in [0.05, 0.1) is 0 Å². The standard InChI is InChI=1S/C20H29ClO2/c1-2-3-4-5-6-7-8-9-10-11-12-13-14-15-16-17-18-19-20(22)23-21/h10-19H,2-9H2,1H3/b11-10+,13-12+,15-14+,17-16+,19-18+. The van der Waals surface area contributed by atoms with Gasteiger partial charge in [0.2, 0.25) is 0 Å². The highest BCUT2D eigenvalue weighted by Crippen LogP contribution is 2.08. The van der Waals surface area contributed by atoms with Crippen molar-refractivity contribution in [3.8, 4) is 0 Å². The minimum Gasteiger partial charge on any atom is -0.344 e. The molecule has 0 spiro atoms. The van der Waals surface area contributed by atoms with Crippen LogP contribution in [0.1, 0.15) is 58.3 Å². The zero-order valence-electron chi connectivity index (χ0n) is 14.1. The number of halogens is 1. The Morgan fingerprint density at radius 3 is 1.91 bits per heavy atom. The van der Waals surface area contributed by atoms with Crippen molar-refractivity contribution in [2.75, 3.05) is 0 Å². The van der Waals surface area contributed by atoms with Crippen molar-refractivity contribution < 1.29 is 9.08 Å². The van der Waals surface area contributed by atoms with Gasteiger partial charge in [-0.05, 0) is 12.8 Å². The summed E-state index contributed by atoms with van der Waals surface area (Å²) in [6, 6.07) is 0. The number of allylic oxidation sites excluding steroid dienone is 9. The van der Waals surface area contributed by atoms with Crippen LogP contribution in [0.4, 0.5) is 0 Å². The second-order valence-electron chi connectivity index (χ2n) is 5.25. The lowest BCUT2D eigenvalue weighted by Gasteiger charge is -1.98. The van der Waals surface area contributed by atoms with Gasteiger partial charge < -0.3 is 4.29 Å². The van der Waals surface area contributed by atoms with E-state index >= 15 is 0 Å². The van der Waals surface area contributed by atoms with Crippen LogP contribution in [-0.4, -0.2) is 5.97 Å². The molecule has 0 aromatic heterocycles. The number of rotatable bonds is 13. The molecule has 0 aliphatic carbocycles. The molecule has 2 nitrogen and oxygen atoms in total. The zero-order valence-corrected chi connectivity index (χ0v) is 14.9. The monoisotopic (exact) mass is 336 g/mol. The zero-order chi connectivity index (χ0) is 17.0. The molecule has 0 aromatic carbocycles. The van der Waals surface area contributed by atoms with E-state index in [2.05, 4.69) is 23.4 Å². The first-order valence-corrected chi connectivity index (χ1v) is 8.78. The number of carbonyl (C=O) groups excluding carboxylic acids is 1. The van der Waals surface area contributed by atoms with E-state index in [1.54, 1.807) is 12.2 Å². The van der Waals surface area contributed by atoms with Gasteiger partial charge in [0, 0.05) is 6.08 Å². The van der Waals surface area contributed by atoms with E-state index in [4.69, 9.17) is 11.9 Å². The van der Waals surface area contributed by atoms with Gasteiger partial charge in [0.1, 0.15) is 11.9 Å². The van der Waals surface area contributed by atoms with E-state index in [0.29, 0.717) is 0 Å². The third kappa shape index (κ3) is 18.4. The van der Waals surface area contributed by atoms with Crippen molar-refractivity contribution in [2.45, 2.75) is 58.3 Å². The Bertz CT molecular complexity index is 417. The molecule has 128 valence electrons. The van der Waals surface area contributed by atoms with Gasteiger partial charge in [-0.3, -0.25) is 0 Å². The number of hydrogen-bond acceptors (Lipinski definition) is 2. The molecule has 0 saturated heterocycles. The van der Waals surface area contributed by atoms with Crippen LogP contribution >= 0.6 is 11.9 Å². The van der Waals surface area contributed by atoms with Crippen molar-refractivity contribution in [3.05, 3.63) is 60.8 Å². The average Bonchev–Trinajstić information content (AvgIpc) is 2.57. The Morgan fingerprint density at radius 1 is 0.783 bits per heavy atom. The Kier molecular flexibility index (Phi) is 17.3. The summed E-state index contributed by atoms with van der Waals surface area (Å²) in [5, 5.41) is 0. The smallest absolute Gasteiger partial charge is 0.344 e. The van der Waals surface area contributed by atoms with Crippen LogP contribution in [0.3, 0.4) is 0 Å². The summed E-state index contributed by atoms with van der Waals surface area (Å²) in [6.45, 7) is 2.25. The molecule has 0 radical (unpaired) electrons. The van der Waals surface area contributed by atoms with E-state index in [-0.39, 0.29) is 0 Å². The van der Waals surface area contributed by atoms with Crippen LogP contribution in [0, 0.1) is 0 Å². The second-order valence-corrected chi connectivity index (χ2v) is 5.40. The molecule has 23 heavy (non-hydrogen) atoms. The molecule has 0 fully saturated rings. The van der Waals surface area contributed by atoms with Gasteiger partial charge in [-0.25, -0.2) is 4.79 Å². The molecule has 0 amide bonds. The molecule has 0 bridgehead atoms. The minimum atomic E-state index is -0.578. The maximum Gasteiger partial charge on any atom is 0.349 e. The van der Waals surface area contributed by atoms with Crippen LogP contribution in [0.15, 0.2) is 60.8 Å². The molecule has 0 saturated carbocycles. The van der Waals surface area contributed by atoms with Crippen molar-refractivity contribution in [1.82, 2.24) is 0 Å². The summed E-state index contributed by atoms with van der Waals surface area (Å²) in [4.78, 5) is 10.7. The Labute approximate surface area is 146 Å². The predicted octanol–water partition coefficient (Wildman–Crippen LogP) is 6.61. The molecule has 0 unspecified atom stereocenters. The molecule has 0 heterocycles. The molecule has 0 N–H and O–H groups in total. The predicted molar refractivity (Wildman–Crippen MR) is 100 cm³/mol. The van der Waals surface area contributed by atoms with Crippen molar-refractivity contribution in [2.24, 2.45) is 0 Å². The van der Waals surface area contributed by atoms with Crippen LogP contribution in [-0.2, 0) is 9.08 Å². The first-order chi connectivity index (χ1) is 11.3. The van der Waals surface area contributed by atoms with Crippen LogP contribution in [0.5, 0.6) is 0 Å². The lowest BCUT2D eigenvalue weighted by atomic mass is 10.1. The molecule has 0 atom stereocenters.